The highest BCUT2D eigenvalue weighted by atomic mass is 16.4. The van der Waals surface area contributed by atoms with Crippen LogP contribution < -0.4 is 4.90 Å². The van der Waals surface area contributed by atoms with Crippen LogP contribution in [-0.2, 0) is 11.2 Å². The number of aromatic carboxylic acids is 1. The second-order valence-corrected chi connectivity index (χ2v) is 3.87. The normalized spacial score (nSPS) is 14.1. The number of carbonyl (C=O) groups excluding carboxylic acids is 1. The van der Waals surface area contributed by atoms with Crippen molar-refractivity contribution in [2.75, 3.05) is 11.4 Å². The molecule has 0 saturated heterocycles. The molecular weight excluding hydrogens is 206 g/mol. The van der Waals surface area contributed by atoms with Gasteiger partial charge in [0.05, 0.1) is 12.0 Å². The highest BCUT2D eigenvalue weighted by molar-refractivity contribution is 6.02. The van der Waals surface area contributed by atoms with E-state index in [0.717, 1.165) is 17.7 Å². The van der Waals surface area contributed by atoms with Gasteiger partial charge in [0.25, 0.3) is 0 Å². The predicted octanol–water partition coefficient (Wildman–Crippen LogP) is 1.68. The van der Waals surface area contributed by atoms with Crippen LogP contribution in [0.5, 0.6) is 0 Å². The monoisotopic (exact) mass is 219 g/mol. The van der Waals surface area contributed by atoms with Crippen LogP contribution in [0.4, 0.5) is 5.69 Å². The van der Waals surface area contributed by atoms with E-state index >= 15 is 0 Å². The number of carboxylic acid groups (broad SMARTS) is 1. The van der Waals surface area contributed by atoms with Crippen molar-refractivity contribution in [1.82, 2.24) is 0 Å². The Kier molecular flexibility index (Phi) is 2.64. The topological polar surface area (TPSA) is 57.6 Å². The lowest BCUT2D eigenvalue weighted by Gasteiger charge is -2.16. The molecule has 1 amide bonds. The van der Waals surface area contributed by atoms with Crippen LogP contribution in [0.25, 0.3) is 0 Å². The lowest BCUT2D eigenvalue weighted by Crippen LogP contribution is -2.27. The summed E-state index contributed by atoms with van der Waals surface area (Å²) in [6.45, 7) is 2.70. The minimum Gasteiger partial charge on any atom is -0.478 e. The molecule has 0 spiro atoms. The second-order valence-electron chi connectivity index (χ2n) is 3.87. The quantitative estimate of drug-likeness (QED) is 0.841. The van der Waals surface area contributed by atoms with E-state index in [2.05, 4.69) is 0 Å². The van der Waals surface area contributed by atoms with Crippen molar-refractivity contribution >= 4 is 17.6 Å². The predicted molar refractivity (Wildman–Crippen MR) is 59.7 cm³/mol. The van der Waals surface area contributed by atoms with E-state index in [1.807, 2.05) is 6.92 Å². The average Bonchev–Trinajstić information content (AvgIpc) is 2.55. The number of rotatable bonds is 3. The zero-order chi connectivity index (χ0) is 11.7. The van der Waals surface area contributed by atoms with Gasteiger partial charge in [0.2, 0.25) is 5.91 Å². The molecule has 0 atom stereocenters. The van der Waals surface area contributed by atoms with Crippen molar-refractivity contribution < 1.29 is 14.7 Å². The third-order valence-corrected chi connectivity index (χ3v) is 2.71. The summed E-state index contributed by atoms with van der Waals surface area (Å²) in [5.74, 6) is -0.899. The maximum Gasteiger partial charge on any atom is 0.335 e. The summed E-state index contributed by atoms with van der Waals surface area (Å²) in [7, 11) is 0. The Morgan fingerprint density at radius 2 is 2.25 bits per heavy atom. The minimum absolute atomic E-state index is 0.0550. The number of hydrogen-bond acceptors (Lipinski definition) is 2. The molecule has 1 aromatic carbocycles. The van der Waals surface area contributed by atoms with E-state index in [1.165, 1.54) is 0 Å². The molecule has 84 valence electrons. The van der Waals surface area contributed by atoms with Crippen molar-refractivity contribution in [3.63, 3.8) is 0 Å². The molecule has 2 rings (SSSR count). The van der Waals surface area contributed by atoms with Crippen LogP contribution in [0.1, 0.15) is 29.3 Å². The molecule has 1 N–H and O–H groups in total. The third-order valence-electron chi connectivity index (χ3n) is 2.71. The molecule has 0 saturated carbocycles. The number of nitrogens with zero attached hydrogens (tertiary/aromatic N) is 1. The van der Waals surface area contributed by atoms with Crippen molar-refractivity contribution in [2.45, 2.75) is 19.8 Å². The first-order valence-electron chi connectivity index (χ1n) is 5.30. The van der Waals surface area contributed by atoms with Gasteiger partial charge in [-0.25, -0.2) is 4.79 Å². The molecule has 0 unspecified atom stereocenters. The standard InChI is InChI=1S/C12H13NO3/c1-2-5-13-10-4-3-8(12(15)16)6-9(10)7-11(13)14/h3-4,6H,2,5,7H2,1H3,(H,15,16). The summed E-state index contributed by atoms with van der Waals surface area (Å²) in [5.41, 5.74) is 1.92. The Balaban J connectivity index is 2.38. The van der Waals surface area contributed by atoms with Crippen molar-refractivity contribution in [1.29, 1.82) is 0 Å². The van der Waals surface area contributed by atoms with E-state index in [4.69, 9.17) is 5.11 Å². The van der Waals surface area contributed by atoms with Crippen LogP contribution in [0.2, 0.25) is 0 Å². The van der Waals surface area contributed by atoms with Gasteiger partial charge in [-0.3, -0.25) is 4.79 Å². The van der Waals surface area contributed by atoms with Gasteiger partial charge in [-0.05, 0) is 30.2 Å². The maximum atomic E-state index is 11.7. The van der Waals surface area contributed by atoms with Gasteiger partial charge >= 0.3 is 5.97 Å². The Bertz CT molecular complexity index is 454. The van der Waals surface area contributed by atoms with Gasteiger partial charge in [-0.15, -0.1) is 0 Å². The number of fused-ring (bicyclic) bond motifs is 1. The Morgan fingerprint density at radius 3 is 2.88 bits per heavy atom. The van der Waals surface area contributed by atoms with E-state index in [1.54, 1.807) is 23.1 Å². The molecule has 1 heterocycles. The lowest BCUT2D eigenvalue weighted by molar-refractivity contribution is -0.117. The first-order chi connectivity index (χ1) is 7.63. The minimum atomic E-state index is -0.954. The van der Waals surface area contributed by atoms with E-state index in [9.17, 15) is 9.59 Å². The van der Waals surface area contributed by atoms with E-state index in [0.29, 0.717) is 13.0 Å². The second kappa shape index (κ2) is 3.96. The summed E-state index contributed by atoms with van der Waals surface area (Å²) in [5, 5.41) is 8.85. The van der Waals surface area contributed by atoms with Gasteiger partial charge < -0.3 is 10.0 Å². The van der Waals surface area contributed by atoms with Crippen LogP contribution in [-0.4, -0.2) is 23.5 Å². The summed E-state index contributed by atoms with van der Waals surface area (Å²) in [6.07, 6.45) is 1.21. The fourth-order valence-electron chi connectivity index (χ4n) is 1.98. The molecule has 1 aliphatic rings. The molecule has 0 aromatic heterocycles. The van der Waals surface area contributed by atoms with Crippen molar-refractivity contribution in [3.05, 3.63) is 29.3 Å². The van der Waals surface area contributed by atoms with Crippen LogP contribution in [0.15, 0.2) is 18.2 Å². The molecule has 16 heavy (non-hydrogen) atoms. The molecule has 0 bridgehead atoms. The third kappa shape index (κ3) is 1.66. The molecule has 0 fully saturated rings. The van der Waals surface area contributed by atoms with Crippen molar-refractivity contribution in [3.8, 4) is 0 Å². The molecule has 0 radical (unpaired) electrons. The fraction of sp³-hybridized carbons (Fsp3) is 0.333. The number of benzene rings is 1. The summed E-state index contributed by atoms with van der Waals surface area (Å²) in [6, 6.07) is 4.85. The highest BCUT2D eigenvalue weighted by Crippen LogP contribution is 2.29. The summed E-state index contributed by atoms with van der Waals surface area (Å²) >= 11 is 0. The van der Waals surface area contributed by atoms with E-state index < -0.39 is 5.97 Å². The summed E-state index contributed by atoms with van der Waals surface area (Å²) in [4.78, 5) is 24.2. The molecule has 0 aliphatic carbocycles. The highest BCUT2D eigenvalue weighted by Gasteiger charge is 2.26. The Labute approximate surface area is 93.5 Å². The maximum absolute atomic E-state index is 11.7. The van der Waals surface area contributed by atoms with Crippen LogP contribution >= 0.6 is 0 Å². The first kappa shape index (κ1) is 10.7. The van der Waals surface area contributed by atoms with Gasteiger partial charge in [-0.1, -0.05) is 6.92 Å². The first-order valence-corrected chi connectivity index (χ1v) is 5.30. The lowest BCUT2D eigenvalue weighted by atomic mass is 10.1. The van der Waals surface area contributed by atoms with E-state index in [-0.39, 0.29) is 11.5 Å². The van der Waals surface area contributed by atoms with Gasteiger partial charge in [0, 0.05) is 12.2 Å². The SMILES string of the molecule is CCCN1C(=O)Cc2cc(C(=O)O)ccc21. The Hall–Kier alpha value is -1.84. The zero-order valence-electron chi connectivity index (χ0n) is 9.06. The summed E-state index contributed by atoms with van der Waals surface area (Å²) < 4.78 is 0. The molecule has 4 nitrogen and oxygen atoms in total. The molecule has 1 aromatic rings. The van der Waals surface area contributed by atoms with Crippen molar-refractivity contribution in [2.24, 2.45) is 0 Å². The smallest absolute Gasteiger partial charge is 0.335 e. The number of carboxylic acids is 1. The van der Waals surface area contributed by atoms with Gasteiger partial charge in [0.15, 0.2) is 0 Å². The number of hydrogen-bond donors (Lipinski definition) is 1. The largest absolute Gasteiger partial charge is 0.478 e. The number of anilines is 1. The Morgan fingerprint density at radius 1 is 1.50 bits per heavy atom. The number of amides is 1. The molecular formula is C12H13NO3. The molecule has 1 aliphatic heterocycles. The van der Waals surface area contributed by atoms with Gasteiger partial charge in [0.1, 0.15) is 0 Å². The fourth-order valence-corrected chi connectivity index (χ4v) is 1.98. The van der Waals surface area contributed by atoms with Crippen LogP contribution in [0.3, 0.4) is 0 Å². The average molecular weight is 219 g/mol. The van der Waals surface area contributed by atoms with Crippen LogP contribution in [0, 0.1) is 0 Å². The number of carbonyl (C=O) groups is 2. The zero-order valence-corrected chi connectivity index (χ0v) is 9.06. The van der Waals surface area contributed by atoms with Gasteiger partial charge in [-0.2, -0.15) is 0 Å². The molecule has 4 heteroatoms.